The molecule has 142 valence electrons. The van der Waals surface area contributed by atoms with Crippen molar-refractivity contribution in [2.75, 3.05) is 0 Å². The first kappa shape index (κ1) is 21.8. The van der Waals surface area contributed by atoms with Crippen molar-refractivity contribution >= 4 is 6.79 Å². The second-order valence-corrected chi connectivity index (χ2v) is 8.57. The van der Waals surface area contributed by atoms with Crippen LogP contribution in [-0.4, -0.2) is 29.6 Å². The fourth-order valence-corrected chi connectivity index (χ4v) is 3.64. The molecule has 2 fully saturated rings. The first-order valence-electron chi connectivity index (χ1n) is 9.29. The molecule has 0 saturated heterocycles. The van der Waals surface area contributed by atoms with Crippen LogP contribution in [-0.2, 0) is 11.3 Å². The Kier molecular flexibility index (Phi) is 8.77. The van der Waals surface area contributed by atoms with Gasteiger partial charge in [-0.15, -0.1) is 0 Å². The van der Waals surface area contributed by atoms with Crippen LogP contribution < -0.4 is 11.1 Å². The maximum absolute atomic E-state index is 9.47. The standard InChI is InChI=1S/C16H23NO.C4H11N.CH2O/c18-15-10-16(11-15)8-6-14(7-9-16)17-12-13-4-2-1-3-5-13;1-4(2,3)5;1-2/h1-5,14-15,17-18H,6-12H2;5H2,1-3H3;1H2. The number of hydrogen-bond donors (Lipinski definition) is 3. The molecular weight excluding hydrogens is 312 g/mol. The first-order chi connectivity index (χ1) is 11.8. The molecule has 4 N–H and O–H groups in total. The number of aliphatic hydroxyl groups is 1. The van der Waals surface area contributed by atoms with Gasteiger partial charge in [-0.05, 0) is 70.3 Å². The zero-order chi connectivity index (χ0) is 18.9. The summed E-state index contributed by atoms with van der Waals surface area (Å²) in [6.07, 6.45) is 7.27. The van der Waals surface area contributed by atoms with Crippen molar-refractivity contribution in [1.29, 1.82) is 0 Å². The van der Waals surface area contributed by atoms with E-state index in [0.29, 0.717) is 11.5 Å². The summed E-state index contributed by atoms with van der Waals surface area (Å²) in [5, 5.41) is 13.1. The Bertz CT molecular complexity index is 462. The maximum atomic E-state index is 9.47. The molecule has 2 aliphatic carbocycles. The van der Waals surface area contributed by atoms with Gasteiger partial charge in [-0.25, -0.2) is 0 Å². The number of nitrogens with two attached hydrogens (primary N) is 1. The number of aliphatic hydroxyl groups excluding tert-OH is 1. The van der Waals surface area contributed by atoms with Crippen molar-refractivity contribution in [2.45, 2.75) is 83.5 Å². The first-order valence-corrected chi connectivity index (χ1v) is 9.29. The van der Waals surface area contributed by atoms with E-state index < -0.39 is 0 Å². The van der Waals surface area contributed by atoms with Crippen LogP contribution in [0.5, 0.6) is 0 Å². The Hall–Kier alpha value is -1.23. The van der Waals surface area contributed by atoms with Crippen LogP contribution in [0.4, 0.5) is 0 Å². The molecule has 2 aliphatic rings. The van der Waals surface area contributed by atoms with Crippen LogP contribution in [0, 0.1) is 5.41 Å². The Morgan fingerprint density at radius 1 is 1.16 bits per heavy atom. The van der Waals surface area contributed by atoms with Crippen molar-refractivity contribution in [3.05, 3.63) is 35.9 Å². The Morgan fingerprint density at radius 2 is 1.64 bits per heavy atom. The number of carbonyl (C=O) groups excluding carboxylic acids is 1. The molecule has 0 heterocycles. The maximum Gasteiger partial charge on any atom is 0.106 e. The minimum atomic E-state index is -0.00109. The van der Waals surface area contributed by atoms with Gasteiger partial charge in [0.15, 0.2) is 0 Å². The van der Waals surface area contributed by atoms with Crippen LogP contribution in [0.3, 0.4) is 0 Å². The summed E-state index contributed by atoms with van der Waals surface area (Å²) in [6.45, 7) is 8.88. The number of hydrogen-bond acceptors (Lipinski definition) is 4. The molecule has 0 aliphatic heterocycles. The second kappa shape index (κ2) is 10.0. The van der Waals surface area contributed by atoms with Gasteiger partial charge in [0.05, 0.1) is 6.10 Å². The zero-order valence-electron chi connectivity index (χ0n) is 16.1. The van der Waals surface area contributed by atoms with E-state index in [1.54, 1.807) is 0 Å². The summed E-state index contributed by atoms with van der Waals surface area (Å²) in [6, 6.07) is 11.3. The van der Waals surface area contributed by atoms with Gasteiger partial charge < -0.3 is 21.0 Å². The van der Waals surface area contributed by atoms with Gasteiger partial charge in [0.2, 0.25) is 0 Å². The Morgan fingerprint density at radius 3 is 2.08 bits per heavy atom. The summed E-state index contributed by atoms with van der Waals surface area (Å²) in [5.74, 6) is 0. The molecule has 2 saturated carbocycles. The van der Waals surface area contributed by atoms with Crippen LogP contribution >= 0.6 is 0 Å². The highest BCUT2D eigenvalue weighted by molar-refractivity contribution is 5.14. The minimum absolute atomic E-state index is 0. The van der Waals surface area contributed by atoms with Crippen LogP contribution in [0.25, 0.3) is 0 Å². The van der Waals surface area contributed by atoms with Gasteiger partial charge in [-0.1, -0.05) is 30.3 Å². The van der Waals surface area contributed by atoms with E-state index >= 15 is 0 Å². The molecule has 0 unspecified atom stereocenters. The van der Waals surface area contributed by atoms with Crippen LogP contribution in [0.15, 0.2) is 30.3 Å². The van der Waals surface area contributed by atoms with Crippen molar-refractivity contribution in [2.24, 2.45) is 11.1 Å². The van der Waals surface area contributed by atoms with Gasteiger partial charge in [-0.3, -0.25) is 0 Å². The average molecular weight is 349 g/mol. The number of nitrogens with one attached hydrogen (secondary N) is 1. The van der Waals surface area contributed by atoms with E-state index in [0.717, 1.165) is 19.4 Å². The van der Waals surface area contributed by atoms with Gasteiger partial charge >= 0.3 is 0 Å². The predicted octanol–water partition coefficient (Wildman–Crippen LogP) is 3.42. The van der Waals surface area contributed by atoms with Gasteiger partial charge in [0.25, 0.3) is 0 Å². The highest BCUT2D eigenvalue weighted by Gasteiger charge is 2.45. The quantitative estimate of drug-likeness (QED) is 0.782. The van der Waals surface area contributed by atoms with Crippen LogP contribution in [0.2, 0.25) is 0 Å². The topological polar surface area (TPSA) is 75.4 Å². The molecule has 3 rings (SSSR count). The highest BCUT2D eigenvalue weighted by atomic mass is 16.3. The molecule has 0 radical (unpaired) electrons. The molecule has 1 aromatic rings. The van der Waals surface area contributed by atoms with Gasteiger partial charge in [-0.2, -0.15) is 0 Å². The van der Waals surface area contributed by atoms with Crippen LogP contribution in [0.1, 0.15) is 64.9 Å². The third-order valence-corrected chi connectivity index (χ3v) is 4.82. The smallest absolute Gasteiger partial charge is 0.106 e. The third kappa shape index (κ3) is 8.61. The second-order valence-electron chi connectivity index (χ2n) is 8.57. The molecule has 0 bridgehead atoms. The van der Waals surface area contributed by atoms with Crippen molar-refractivity contribution < 1.29 is 9.90 Å². The van der Waals surface area contributed by atoms with Crippen molar-refractivity contribution in [3.63, 3.8) is 0 Å². The Labute approximate surface area is 153 Å². The third-order valence-electron chi connectivity index (χ3n) is 4.82. The summed E-state index contributed by atoms with van der Waals surface area (Å²) in [5.41, 5.74) is 7.24. The van der Waals surface area contributed by atoms with E-state index in [2.05, 4.69) is 35.6 Å². The molecule has 1 aromatic carbocycles. The molecule has 1 spiro atoms. The number of rotatable bonds is 3. The van der Waals surface area contributed by atoms with E-state index in [4.69, 9.17) is 10.5 Å². The summed E-state index contributed by atoms with van der Waals surface area (Å²) in [4.78, 5) is 8.00. The largest absolute Gasteiger partial charge is 0.393 e. The molecular formula is C21H36N2O2. The zero-order valence-corrected chi connectivity index (χ0v) is 16.1. The summed E-state index contributed by atoms with van der Waals surface area (Å²) < 4.78 is 0. The lowest BCUT2D eigenvalue weighted by Gasteiger charge is -2.49. The number of carbonyl (C=O) groups is 1. The lowest BCUT2D eigenvalue weighted by molar-refractivity contribution is -0.0980. The van der Waals surface area contributed by atoms with Crippen molar-refractivity contribution in [1.82, 2.24) is 5.32 Å². The molecule has 0 amide bonds. The fourth-order valence-electron chi connectivity index (χ4n) is 3.64. The van der Waals surface area contributed by atoms with Crippen molar-refractivity contribution in [3.8, 4) is 0 Å². The van der Waals surface area contributed by atoms with E-state index in [9.17, 15) is 5.11 Å². The predicted molar refractivity (Wildman–Crippen MR) is 104 cm³/mol. The Balaban J connectivity index is 0.000000388. The lowest BCUT2D eigenvalue weighted by atomic mass is 9.59. The molecule has 25 heavy (non-hydrogen) atoms. The lowest BCUT2D eigenvalue weighted by Crippen LogP contribution is -2.46. The normalized spacial score (nSPS) is 28.0. The summed E-state index contributed by atoms with van der Waals surface area (Å²) in [7, 11) is 0. The highest BCUT2D eigenvalue weighted by Crippen LogP contribution is 2.51. The molecule has 0 atom stereocenters. The van der Waals surface area contributed by atoms with E-state index in [1.165, 1.54) is 31.2 Å². The SMILES string of the molecule is C=O.CC(C)(C)N.OC1CC2(CCC(NCc3ccccc3)CC2)C1. The summed E-state index contributed by atoms with van der Waals surface area (Å²) >= 11 is 0. The average Bonchev–Trinajstić information content (AvgIpc) is 2.54. The number of benzene rings is 1. The van der Waals surface area contributed by atoms with E-state index in [1.807, 2.05) is 27.6 Å². The molecule has 4 heteroatoms. The molecule has 4 nitrogen and oxygen atoms in total. The fraction of sp³-hybridized carbons (Fsp3) is 0.667. The molecule has 0 aromatic heterocycles. The monoisotopic (exact) mass is 348 g/mol. The van der Waals surface area contributed by atoms with Gasteiger partial charge in [0, 0.05) is 18.1 Å². The minimum Gasteiger partial charge on any atom is -0.393 e. The van der Waals surface area contributed by atoms with Gasteiger partial charge in [0.1, 0.15) is 6.79 Å². The van der Waals surface area contributed by atoms with E-state index in [-0.39, 0.29) is 11.6 Å².